The van der Waals surface area contributed by atoms with E-state index >= 15 is 0 Å². The lowest BCUT2D eigenvalue weighted by Gasteiger charge is -1.96. The summed E-state index contributed by atoms with van der Waals surface area (Å²) in [5, 5.41) is 0.584. The number of carbonyl (C=O) groups is 1. The number of aromatic nitrogens is 1. The van der Waals surface area contributed by atoms with Crippen molar-refractivity contribution in [2.24, 2.45) is 0 Å². The maximum absolute atomic E-state index is 11.3. The van der Waals surface area contributed by atoms with Crippen LogP contribution in [0.4, 0.5) is 0 Å². The Hall–Kier alpha value is -2.13. The van der Waals surface area contributed by atoms with E-state index in [-0.39, 0.29) is 5.78 Å². The Bertz CT molecular complexity index is 777. The molecule has 0 N–H and O–H groups in total. The first-order chi connectivity index (χ1) is 9.15. The molecule has 0 aliphatic rings. The van der Waals surface area contributed by atoms with Gasteiger partial charge in [0.05, 0.1) is 10.6 Å². The minimum atomic E-state index is 0.00388. The molecule has 4 heteroatoms. The largest absolute Gasteiger partial charge is 0.436 e. The van der Waals surface area contributed by atoms with E-state index in [1.54, 1.807) is 24.3 Å². The number of ketones is 1. The molecule has 0 saturated carbocycles. The second-order valence-electron chi connectivity index (χ2n) is 4.24. The molecular formula is C15H10ClNO2. The molecule has 0 atom stereocenters. The number of halogens is 1. The summed E-state index contributed by atoms with van der Waals surface area (Å²) < 4.78 is 5.66. The Labute approximate surface area is 114 Å². The summed E-state index contributed by atoms with van der Waals surface area (Å²) >= 11 is 6.11. The fraction of sp³-hybridized carbons (Fsp3) is 0.0667. The zero-order chi connectivity index (χ0) is 13.4. The van der Waals surface area contributed by atoms with Crippen molar-refractivity contribution in [1.29, 1.82) is 0 Å². The van der Waals surface area contributed by atoms with E-state index in [1.807, 2.05) is 18.2 Å². The third-order valence-electron chi connectivity index (χ3n) is 2.90. The van der Waals surface area contributed by atoms with Crippen molar-refractivity contribution in [1.82, 2.24) is 4.98 Å². The normalized spacial score (nSPS) is 10.8. The third-order valence-corrected chi connectivity index (χ3v) is 3.23. The smallest absolute Gasteiger partial charge is 0.228 e. The van der Waals surface area contributed by atoms with E-state index in [9.17, 15) is 4.79 Å². The molecule has 94 valence electrons. The number of hydrogen-bond donors (Lipinski definition) is 0. The lowest BCUT2D eigenvalue weighted by molar-refractivity contribution is 0.101. The predicted octanol–water partition coefficient (Wildman–Crippen LogP) is 4.35. The summed E-state index contributed by atoms with van der Waals surface area (Å²) in [5.74, 6) is 0.463. The van der Waals surface area contributed by atoms with Gasteiger partial charge in [-0.1, -0.05) is 23.7 Å². The Morgan fingerprint density at radius 3 is 2.74 bits per heavy atom. The zero-order valence-corrected chi connectivity index (χ0v) is 10.9. The third kappa shape index (κ3) is 2.13. The van der Waals surface area contributed by atoms with E-state index in [4.69, 9.17) is 16.0 Å². The number of benzene rings is 2. The van der Waals surface area contributed by atoms with E-state index in [2.05, 4.69) is 4.98 Å². The Kier molecular flexibility index (Phi) is 2.84. The Morgan fingerprint density at radius 2 is 2.00 bits per heavy atom. The van der Waals surface area contributed by atoms with Gasteiger partial charge in [-0.25, -0.2) is 4.98 Å². The molecule has 0 spiro atoms. The van der Waals surface area contributed by atoms with Gasteiger partial charge in [-0.3, -0.25) is 4.79 Å². The van der Waals surface area contributed by atoms with Gasteiger partial charge in [0.25, 0.3) is 0 Å². The van der Waals surface area contributed by atoms with Crippen LogP contribution >= 0.6 is 11.6 Å². The number of hydrogen-bond acceptors (Lipinski definition) is 3. The SMILES string of the molecule is CC(=O)c1ccc2oc(-c3ccccc3Cl)nc2c1. The second kappa shape index (κ2) is 4.52. The minimum Gasteiger partial charge on any atom is -0.436 e. The van der Waals surface area contributed by atoms with Gasteiger partial charge in [0.1, 0.15) is 5.52 Å². The van der Waals surface area contributed by atoms with E-state index < -0.39 is 0 Å². The molecule has 3 rings (SSSR count). The first kappa shape index (κ1) is 11.9. The van der Waals surface area contributed by atoms with Crippen LogP contribution in [0.25, 0.3) is 22.6 Å². The number of carbonyl (C=O) groups excluding carboxylic acids is 1. The monoisotopic (exact) mass is 271 g/mol. The van der Waals surface area contributed by atoms with Crippen LogP contribution in [-0.4, -0.2) is 10.8 Å². The van der Waals surface area contributed by atoms with Gasteiger partial charge in [-0.15, -0.1) is 0 Å². The topological polar surface area (TPSA) is 43.1 Å². The van der Waals surface area contributed by atoms with Gasteiger partial charge in [0.2, 0.25) is 5.89 Å². The van der Waals surface area contributed by atoms with Gasteiger partial charge >= 0.3 is 0 Å². The van der Waals surface area contributed by atoms with Crippen molar-refractivity contribution < 1.29 is 9.21 Å². The summed E-state index contributed by atoms with van der Waals surface area (Å²) in [4.78, 5) is 15.7. The highest BCUT2D eigenvalue weighted by molar-refractivity contribution is 6.33. The Morgan fingerprint density at radius 1 is 1.21 bits per heavy atom. The molecule has 2 aromatic carbocycles. The summed E-state index contributed by atoms with van der Waals surface area (Å²) in [6, 6.07) is 12.6. The summed E-state index contributed by atoms with van der Waals surface area (Å²) in [6.07, 6.45) is 0. The van der Waals surface area contributed by atoms with Crippen molar-refractivity contribution in [3.05, 3.63) is 53.1 Å². The molecule has 1 aromatic heterocycles. The van der Waals surface area contributed by atoms with Crippen molar-refractivity contribution in [2.45, 2.75) is 6.92 Å². The molecule has 0 unspecified atom stereocenters. The number of rotatable bonds is 2. The number of nitrogens with zero attached hydrogens (tertiary/aromatic N) is 1. The van der Waals surface area contributed by atoms with Gasteiger partial charge in [-0.05, 0) is 37.3 Å². The summed E-state index contributed by atoms with van der Waals surface area (Å²) in [7, 11) is 0. The van der Waals surface area contributed by atoms with Crippen molar-refractivity contribution in [2.75, 3.05) is 0 Å². The molecule has 0 aliphatic carbocycles. The highest BCUT2D eigenvalue weighted by atomic mass is 35.5. The fourth-order valence-corrected chi connectivity index (χ4v) is 2.11. The van der Waals surface area contributed by atoms with Gasteiger partial charge in [0, 0.05) is 5.56 Å². The lowest BCUT2D eigenvalue weighted by Crippen LogP contribution is -1.90. The van der Waals surface area contributed by atoms with Crippen LogP contribution in [0.5, 0.6) is 0 Å². The predicted molar refractivity (Wildman–Crippen MR) is 74.5 cm³/mol. The first-order valence-corrected chi connectivity index (χ1v) is 6.19. The average molecular weight is 272 g/mol. The molecule has 0 fully saturated rings. The molecule has 0 bridgehead atoms. The molecule has 1 heterocycles. The maximum Gasteiger partial charge on any atom is 0.228 e. The summed E-state index contributed by atoms with van der Waals surface area (Å²) in [5.41, 5.74) is 2.65. The molecule has 3 aromatic rings. The molecule has 0 saturated heterocycles. The highest BCUT2D eigenvalue weighted by Crippen LogP contribution is 2.29. The van der Waals surface area contributed by atoms with Crippen LogP contribution in [0.1, 0.15) is 17.3 Å². The molecule has 3 nitrogen and oxygen atoms in total. The summed E-state index contributed by atoms with van der Waals surface area (Å²) in [6.45, 7) is 1.52. The number of fused-ring (bicyclic) bond motifs is 1. The van der Waals surface area contributed by atoms with Gasteiger partial charge < -0.3 is 4.42 Å². The Balaban J connectivity index is 2.17. The van der Waals surface area contributed by atoms with E-state index in [0.717, 1.165) is 5.56 Å². The molecule has 19 heavy (non-hydrogen) atoms. The van der Waals surface area contributed by atoms with Crippen molar-refractivity contribution in [3.8, 4) is 11.5 Å². The van der Waals surface area contributed by atoms with E-state index in [0.29, 0.717) is 27.6 Å². The van der Waals surface area contributed by atoms with Crippen molar-refractivity contribution >= 4 is 28.5 Å². The van der Waals surface area contributed by atoms with Crippen LogP contribution in [0.2, 0.25) is 5.02 Å². The molecule has 0 radical (unpaired) electrons. The molecule has 0 amide bonds. The number of oxazole rings is 1. The molecular weight excluding hydrogens is 262 g/mol. The fourth-order valence-electron chi connectivity index (χ4n) is 1.90. The molecule has 0 aliphatic heterocycles. The number of Topliss-reactive ketones (excluding diaryl/α,β-unsaturated/α-hetero) is 1. The quantitative estimate of drug-likeness (QED) is 0.651. The second-order valence-corrected chi connectivity index (χ2v) is 4.64. The zero-order valence-electron chi connectivity index (χ0n) is 10.2. The van der Waals surface area contributed by atoms with Gasteiger partial charge in [-0.2, -0.15) is 0 Å². The highest BCUT2D eigenvalue weighted by Gasteiger charge is 2.12. The minimum absolute atomic E-state index is 0.00388. The van der Waals surface area contributed by atoms with Crippen LogP contribution in [-0.2, 0) is 0 Å². The average Bonchev–Trinajstić information content (AvgIpc) is 2.81. The first-order valence-electron chi connectivity index (χ1n) is 5.81. The van der Waals surface area contributed by atoms with Gasteiger partial charge in [0.15, 0.2) is 11.4 Å². The van der Waals surface area contributed by atoms with Crippen LogP contribution in [0.3, 0.4) is 0 Å². The van der Waals surface area contributed by atoms with E-state index in [1.165, 1.54) is 6.92 Å². The van der Waals surface area contributed by atoms with Crippen LogP contribution < -0.4 is 0 Å². The maximum atomic E-state index is 11.3. The van der Waals surface area contributed by atoms with Crippen LogP contribution in [0, 0.1) is 0 Å². The lowest BCUT2D eigenvalue weighted by atomic mass is 10.1. The standard InChI is InChI=1S/C15H10ClNO2/c1-9(18)10-6-7-14-13(8-10)17-15(19-14)11-4-2-3-5-12(11)16/h2-8H,1H3. The van der Waals surface area contributed by atoms with Crippen LogP contribution in [0.15, 0.2) is 46.9 Å². The van der Waals surface area contributed by atoms with Crippen molar-refractivity contribution in [3.63, 3.8) is 0 Å².